The normalized spacial score (nSPS) is 11.7. The molecule has 23 heavy (non-hydrogen) atoms. The number of hydrogen-bond acceptors (Lipinski definition) is 5. The van der Waals surface area contributed by atoms with Crippen LogP contribution in [0.3, 0.4) is 0 Å². The van der Waals surface area contributed by atoms with Crippen molar-refractivity contribution in [2.24, 2.45) is 5.10 Å². The molecule has 3 N–H and O–H groups in total. The number of hydrazone groups is 1. The summed E-state index contributed by atoms with van der Waals surface area (Å²) in [5.74, 6) is -0.0246. The summed E-state index contributed by atoms with van der Waals surface area (Å²) in [5.41, 5.74) is 5.65. The molecule has 6 heteroatoms. The summed E-state index contributed by atoms with van der Waals surface area (Å²) in [4.78, 5) is 4.27. The summed E-state index contributed by atoms with van der Waals surface area (Å²) in [6.45, 7) is 1.76. The van der Waals surface area contributed by atoms with Crippen molar-refractivity contribution in [3.05, 3.63) is 59.2 Å². The van der Waals surface area contributed by atoms with Gasteiger partial charge in [-0.2, -0.15) is 5.10 Å². The number of pyridine rings is 1. The van der Waals surface area contributed by atoms with Gasteiger partial charge in [0.05, 0.1) is 16.9 Å². The summed E-state index contributed by atoms with van der Waals surface area (Å²) in [6.07, 6.45) is 1.67. The summed E-state index contributed by atoms with van der Waals surface area (Å²) in [6, 6.07) is 11.6. The van der Waals surface area contributed by atoms with Gasteiger partial charge in [0.25, 0.3) is 0 Å². The van der Waals surface area contributed by atoms with E-state index in [0.29, 0.717) is 16.3 Å². The van der Waals surface area contributed by atoms with E-state index >= 15 is 0 Å². The van der Waals surface area contributed by atoms with Gasteiger partial charge in [0.15, 0.2) is 0 Å². The van der Waals surface area contributed by atoms with Crippen LogP contribution in [0, 0.1) is 0 Å². The van der Waals surface area contributed by atoms with Crippen molar-refractivity contribution in [1.82, 2.24) is 4.98 Å². The fourth-order valence-electron chi connectivity index (χ4n) is 2.25. The third-order valence-corrected chi connectivity index (χ3v) is 3.66. The van der Waals surface area contributed by atoms with Crippen LogP contribution in [0.25, 0.3) is 10.9 Å². The molecule has 0 fully saturated rings. The lowest BCUT2D eigenvalue weighted by atomic mass is 10.1. The van der Waals surface area contributed by atoms with Crippen molar-refractivity contribution in [3.8, 4) is 11.5 Å². The highest BCUT2D eigenvalue weighted by molar-refractivity contribution is 6.31. The summed E-state index contributed by atoms with van der Waals surface area (Å²) in [5, 5.41) is 25.0. The van der Waals surface area contributed by atoms with Crippen molar-refractivity contribution in [2.45, 2.75) is 6.92 Å². The number of anilines is 1. The van der Waals surface area contributed by atoms with E-state index in [0.717, 1.165) is 16.6 Å². The summed E-state index contributed by atoms with van der Waals surface area (Å²) >= 11 is 5.97. The number of phenols is 2. The zero-order valence-corrected chi connectivity index (χ0v) is 13.0. The van der Waals surface area contributed by atoms with E-state index in [2.05, 4.69) is 15.5 Å². The van der Waals surface area contributed by atoms with Gasteiger partial charge in [-0.1, -0.05) is 11.6 Å². The van der Waals surface area contributed by atoms with E-state index < -0.39 is 0 Å². The molecule has 0 aliphatic rings. The van der Waals surface area contributed by atoms with E-state index in [9.17, 15) is 10.2 Å². The van der Waals surface area contributed by atoms with Crippen LogP contribution in [0.1, 0.15) is 12.5 Å². The Morgan fingerprint density at radius 2 is 1.96 bits per heavy atom. The number of aromatic hydroxyl groups is 2. The second kappa shape index (κ2) is 6.14. The molecule has 5 nitrogen and oxygen atoms in total. The maximum absolute atomic E-state index is 9.87. The number of fused-ring (bicyclic) bond motifs is 1. The quantitative estimate of drug-likeness (QED) is 0.499. The Bertz CT molecular complexity index is 909. The van der Waals surface area contributed by atoms with Gasteiger partial charge in [-0.15, -0.1) is 0 Å². The predicted octanol–water partition coefficient (Wildman–Crippen LogP) is 4.14. The number of aromatic nitrogens is 1. The minimum absolute atomic E-state index is 0.00372. The minimum atomic E-state index is -0.0283. The first-order valence-electron chi connectivity index (χ1n) is 6.91. The fourth-order valence-corrected chi connectivity index (χ4v) is 2.42. The molecular formula is C17H14ClN3O2. The lowest BCUT2D eigenvalue weighted by Crippen LogP contribution is -2.00. The van der Waals surface area contributed by atoms with Crippen molar-refractivity contribution < 1.29 is 10.2 Å². The standard InChI is InChI=1S/C17H14ClN3O2/c1-10(13-5-3-12(22)9-17(13)23)20-21-15-6-7-19-16-8-11(18)2-4-14(15)16/h2-9,22-23H,1H3,(H,19,21)/b20-10+. The zero-order valence-electron chi connectivity index (χ0n) is 12.3. The molecule has 1 heterocycles. The van der Waals surface area contributed by atoms with E-state index in [1.807, 2.05) is 12.1 Å². The lowest BCUT2D eigenvalue weighted by molar-refractivity contribution is 0.450. The summed E-state index contributed by atoms with van der Waals surface area (Å²) < 4.78 is 0. The van der Waals surface area contributed by atoms with E-state index in [-0.39, 0.29) is 11.5 Å². The van der Waals surface area contributed by atoms with Crippen molar-refractivity contribution in [2.75, 3.05) is 5.43 Å². The van der Waals surface area contributed by atoms with Crippen LogP contribution < -0.4 is 5.43 Å². The van der Waals surface area contributed by atoms with Gasteiger partial charge in [0.1, 0.15) is 11.5 Å². The molecule has 2 aromatic carbocycles. The molecule has 0 amide bonds. The van der Waals surface area contributed by atoms with Gasteiger partial charge < -0.3 is 10.2 Å². The van der Waals surface area contributed by atoms with Gasteiger partial charge in [-0.3, -0.25) is 10.4 Å². The van der Waals surface area contributed by atoms with E-state index in [1.54, 1.807) is 31.3 Å². The fraction of sp³-hybridized carbons (Fsp3) is 0.0588. The maximum Gasteiger partial charge on any atom is 0.128 e. The number of halogens is 1. The molecule has 3 aromatic rings. The Morgan fingerprint density at radius 1 is 1.13 bits per heavy atom. The topological polar surface area (TPSA) is 77.7 Å². The van der Waals surface area contributed by atoms with Gasteiger partial charge >= 0.3 is 0 Å². The third-order valence-electron chi connectivity index (χ3n) is 3.42. The molecule has 0 aliphatic carbocycles. The van der Waals surface area contributed by atoms with Crippen molar-refractivity contribution in [3.63, 3.8) is 0 Å². The largest absolute Gasteiger partial charge is 0.508 e. The number of nitrogens with zero attached hydrogens (tertiary/aromatic N) is 2. The van der Waals surface area contributed by atoms with Crippen LogP contribution in [0.5, 0.6) is 11.5 Å². The van der Waals surface area contributed by atoms with Crippen molar-refractivity contribution >= 4 is 33.9 Å². The highest BCUT2D eigenvalue weighted by atomic mass is 35.5. The molecule has 0 saturated heterocycles. The Labute approximate surface area is 137 Å². The number of nitrogens with one attached hydrogen (secondary N) is 1. The molecule has 1 aromatic heterocycles. The monoisotopic (exact) mass is 327 g/mol. The molecule has 0 aliphatic heterocycles. The van der Waals surface area contributed by atoms with Gasteiger partial charge in [0, 0.05) is 28.2 Å². The molecule has 0 unspecified atom stereocenters. The first kappa shape index (κ1) is 15.1. The van der Waals surface area contributed by atoms with Crippen LogP contribution in [-0.2, 0) is 0 Å². The van der Waals surface area contributed by atoms with Crippen LogP contribution in [-0.4, -0.2) is 20.9 Å². The van der Waals surface area contributed by atoms with Gasteiger partial charge in [-0.05, 0) is 43.3 Å². The third kappa shape index (κ3) is 3.19. The second-order valence-electron chi connectivity index (χ2n) is 5.03. The second-order valence-corrected chi connectivity index (χ2v) is 5.47. The average molecular weight is 328 g/mol. The number of rotatable bonds is 3. The van der Waals surface area contributed by atoms with E-state index in [4.69, 9.17) is 11.6 Å². The highest BCUT2D eigenvalue weighted by Crippen LogP contribution is 2.26. The van der Waals surface area contributed by atoms with Crippen LogP contribution >= 0.6 is 11.6 Å². The molecule has 3 rings (SSSR count). The SMILES string of the molecule is C/C(=N\Nc1ccnc2cc(Cl)ccc12)c1ccc(O)cc1O. The Hall–Kier alpha value is -2.79. The Balaban J connectivity index is 1.93. The molecule has 0 radical (unpaired) electrons. The van der Waals surface area contributed by atoms with Gasteiger partial charge in [-0.25, -0.2) is 0 Å². The van der Waals surface area contributed by atoms with Crippen molar-refractivity contribution in [1.29, 1.82) is 0 Å². The molecule has 0 atom stereocenters. The zero-order chi connectivity index (χ0) is 16.4. The summed E-state index contributed by atoms with van der Waals surface area (Å²) in [7, 11) is 0. The minimum Gasteiger partial charge on any atom is -0.508 e. The molecule has 0 spiro atoms. The lowest BCUT2D eigenvalue weighted by Gasteiger charge is -2.08. The number of benzene rings is 2. The first-order valence-corrected chi connectivity index (χ1v) is 7.29. The Morgan fingerprint density at radius 3 is 2.74 bits per heavy atom. The average Bonchev–Trinajstić information content (AvgIpc) is 2.52. The molecule has 0 saturated carbocycles. The number of phenolic OH excluding ortho intramolecular Hbond substituents is 2. The first-order chi connectivity index (χ1) is 11.0. The predicted molar refractivity (Wildman–Crippen MR) is 92.4 cm³/mol. The molecule has 116 valence electrons. The van der Waals surface area contributed by atoms with Gasteiger partial charge in [0.2, 0.25) is 0 Å². The van der Waals surface area contributed by atoms with Crippen LogP contribution in [0.2, 0.25) is 5.02 Å². The smallest absolute Gasteiger partial charge is 0.128 e. The Kier molecular flexibility index (Phi) is 4.04. The number of hydrogen-bond donors (Lipinski definition) is 3. The highest BCUT2D eigenvalue weighted by Gasteiger charge is 2.06. The van der Waals surface area contributed by atoms with Crippen LogP contribution in [0.4, 0.5) is 5.69 Å². The van der Waals surface area contributed by atoms with Crippen LogP contribution in [0.15, 0.2) is 53.8 Å². The maximum atomic E-state index is 9.87. The molecule has 0 bridgehead atoms. The van der Waals surface area contributed by atoms with E-state index in [1.165, 1.54) is 12.1 Å². The molecular weight excluding hydrogens is 314 g/mol.